The lowest BCUT2D eigenvalue weighted by Gasteiger charge is -2.45. The Kier molecular flexibility index (Phi) is 20.2. The molecule has 1 amide bonds. The first-order valence-corrected chi connectivity index (χ1v) is 29.9. The first-order valence-electron chi connectivity index (χ1n) is 25.5. The Morgan fingerprint density at radius 1 is 0.867 bits per heavy atom. The number of sulfonamides is 1. The molecule has 4 aromatic rings. The zero-order chi connectivity index (χ0) is 52.7. The molecule has 3 saturated heterocycles. The third-order valence-electron chi connectivity index (χ3n) is 14.5. The van der Waals surface area contributed by atoms with Gasteiger partial charge in [-0.3, -0.25) is 14.6 Å². The molecule has 3 fully saturated rings. The van der Waals surface area contributed by atoms with Gasteiger partial charge in [0.05, 0.1) is 17.2 Å². The normalized spacial score (nSPS) is 22.3. The minimum atomic E-state index is -6.07. The van der Waals surface area contributed by atoms with E-state index in [4.69, 9.17) is 16.3 Å². The van der Waals surface area contributed by atoms with E-state index in [1.807, 2.05) is 47.2 Å². The van der Waals surface area contributed by atoms with Gasteiger partial charge in [0.2, 0.25) is 0 Å². The van der Waals surface area contributed by atoms with E-state index in [0.29, 0.717) is 61.6 Å². The van der Waals surface area contributed by atoms with E-state index in [0.717, 1.165) is 107 Å². The number of allylic oxidation sites excluding steroid dienone is 1. The molecule has 4 atom stereocenters. The summed E-state index contributed by atoms with van der Waals surface area (Å²) in [6.45, 7) is 17.2. The monoisotopic (exact) mass is 1140 g/mol. The standard InChI is InChI=1S/C54H69ClF3N7O6S3.ClH/c1-39-34-64(35-40(2)59-39)38-53(3)22-20-49(41-10-14-44(55)15-11-41)43(33-53)36-63-25-27-65(28-26-63)46-16-12-42(13-17-46)52(66)61-74(69,70)48-18-19-50(51(32-48)73(67,68)54(56,57)58)60-45(37-72-47-8-5-4-6-9-47)21-24-62-23-7-30-71-31-29-62;/h4-6,8-19,32,39-40,45,59-60H,7,20-31,33-38H2,1-3H3,(H,61,66);1H/t39?,40?,45-,53-;/m1./s1. The summed E-state index contributed by atoms with van der Waals surface area (Å²) in [5.41, 5.74) is -1.06. The smallest absolute Gasteiger partial charge is 0.380 e. The second-order valence-corrected chi connectivity index (χ2v) is 25.8. The fourth-order valence-electron chi connectivity index (χ4n) is 10.8. The highest BCUT2D eigenvalue weighted by Gasteiger charge is 2.48. The van der Waals surface area contributed by atoms with E-state index in [-0.39, 0.29) is 23.4 Å². The number of alkyl halides is 3. The Morgan fingerprint density at radius 2 is 1.56 bits per heavy atom. The first-order chi connectivity index (χ1) is 35.2. The van der Waals surface area contributed by atoms with Gasteiger partial charge >= 0.3 is 5.51 Å². The van der Waals surface area contributed by atoms with Crippen LogP contribution in [0.1, 0.15) is 68.8 Å². The van der Waals surface area contributed by atoms with Gasteiger partial charge in [-0.2, -0.15) is 13.2 Å². The Bertz CT molecular complexity index is 2790. The van der Waals surface area contributed by atoms with Crippen molar-refractivity contribution in [2.75, 3.05) is 101 Å². The van der Waals surface area contributed by atoms with Crippen molar-refractivity contribution < 1.29 is 39.5 Å². The second-order valence-electron chi connectivity index (χ2n) is 20.7. The van der Waals surface area contributed by atoms with Gasteiger partial charge in [-0.25, -0.2) is 21.6 Å². The molecule has 0 saturated carbocycles. The SMILES string of the molecule is CC1CN(C[C@]2(C)CCC(c3ccc(Cl)cc3)=C(CN3CCN(c4ccc(C(=O)NS(=O)(=O)c5ccc(N[C@H](CCN6CCCOCC6)CSc6ccccc6)c(S(=O)(=O)C(F)(F)F)c5)cc4)CC3)C2)CC(C)N1.Cl. The molecule has 0 bridgehead atoms. The van der Waals surface area contributed by atoms with Gasteiger partial charge in [-0.1, -0.05) is 54.4 Å². The Labute approximate surface area is 456 Å². The molecule has 0 spiro atoms. The van der Waals surface area contributed by atoms with Crippen molar-refractivity contribution in [3.05, 3.63) is 119 Å². The Morgan fingerprint density at radius 3 is 2.24 bits per heavy atom. The van der Waals surface area contributed by atoms with E-state index in [9.17, 15) is 34.8 Å². The van der Waals surface area contributed by atoms with Crippen molar-refractivity contribution >= 4 is 78.5 Å². The van der Waals surface area contributed by atoms with Crippen LogP contribution in [-0.2, 0) is 24.6 Å². The van der Waals surface area contributed by atoms with E-state index in [2.05, 4.69) is 63.1 Å². The highest BCUT2D eigenvalue weighted by Crippen LogP contribution is 2.44. The minimum absolute atomic E-state index is 0. The van der Waals surface area contributed by atoms with Crippen molar-refractivity contribution in [1.29, 1.82) is 0 Å². The second kappa shape index (κ2) is 25.7. The maximum atomic E-state index is 14.3. The minimum Gasteiger partial charge on any atom is -0.380 e. The average Bonchev–Trinajstić information content (AvgIpc) is 3.64. The van der Waals surface area contributed by atoms with Crippen LogP contribution in [0.25, 0.3) is 5.57 Å². The average molecular weight is 1140 g/mol. The molecule has 0 radical (unpaired) electrons. The molecule has 4 aromatic carbocycles. The fourth-order valence-corrected chi connectivity index (χ4v) is 14.0. The molecule has 3 N–H and O–H groups in total. The maximum absolute atomic E-state index is 14.3. The van der Waals surface area contributed by atoms with Crippen LogP contribution in [0.15, 0.2) is 117 Å². The zero-order valence-corrected chi connectivity index (χ0v) is 46.8. The van der Waals surface area contributed by atoms with Crippen molar-refractivity contribution in [2.24, 2.45) is 5.41 Å². The Balaban J connectivity index is 0.00000820. The third kappa shape index (κ3) is 15.7. The number of nitrogens with one attached hydrogen (secondary N) is 3. The van der Waals surface area contributed by atoms with E-state index in [1.165, 1.54) is 40.6 Å². The number of halogens is 5. The largest absolute Gasteiger partial charge is 0.501 e. The van der Waals surface area contributed by atoms with Crippen LogP contribution in [0.4, 0.5) is 24.5 Å². The zero-order valence-electron chi connectivity index (χ0n) is 42.8. The highest BCUT2D eigenvalue weighted by atomic mass is 35.5. The summed E-state index contributed by atoms with van der Waals surface area (Å²) in [6.07, 6.45) is 4.39. The number of thioether (sulfide) groups is 1. The summed E-state index contributed by atoms with van der Waals surface area (Å²) in [5, 5.41) is 7.40. The number of ether oxygens (including phenoxy) is 1. The van der Waals surface area contributed by atoms with Gasteiger partial charge in [0.1, 0.15) is 4.90 Å². The van der Waals surface area contributed by atoms with E-state index >= 15 is 0 Å². The quantitative estimate of drug-likeness (QED) is 0.0816. The molecule has 13 nitrogen and oxygen atoms in total. The molecule has 4 aliphatic rings. The topological polar surface area (TPSA) is 144 Å². The molecule has 3 heterocycles. The molecule has 8 rings (SSSR count). The molecular formula is C54H70Cl2F3N7O6S3. The van der Waals surface area contributed by atoms with Crippen molar-refractivity contribution in [3.8, 4) is 0 Å². The number of piperazine rings is 2. The predicted molar refractivity (Wildman–Crippen MR) is 297 cm³/mol. The van der Waals surface area contributed by atoms with Gasteiger partial charge in [0.25, 0.3) is 25.8 Å². The van der Waals surface area contributed by atoms with Gasteiger partial charge in [0, 0.05) is 124 Å². The number of nitrogens with zero attached hydrogens (tertiary/aromatic N) is 4. The van der Waals surface area contributed by atoms with Gasteiger partial charge in [0.15, 0.2) is 0 Å². The van der Waals surface area contributed by atoms with Crippen molar-refractivity contribution in [3.63, 3.8) is 0 Å². The number of hydrogen-bond acceptors (Lipinski definition) is 13. The molecule has 410 valence electrons. The first kappa shape index (κ1) is 58.8. The summed E-state index contributed by atoms with van der Waals surface area (Å²) in [4.78, 5) is 21.9. The van der Waals surface area contributed by atoms with Gasteiger partial charge < -0.3 is 25.2 Å². The summed E-state index contributed by atoms with van der Waals surface area (Å²) in [5.74, 6) is -0.655. The number of carbonyl (C=O) groups excluding carboxylic acids is 1. The summed E-state index contributed by atoms with van der Waals surface area (Å²) in [7, 11) is -10.9. The van der Waals surface area contributed by atoms with Crippen LogP contribution in [0, 0.1) is 5.41 Å². The van der Waals surface area contributed by atoms with Crippen molar-refractivity contribution in [1.82, 2.24) is 24.7 Å². The molecule has 1 aliphatic carbocycles. The molecular weight excluding hydrogens is 1070 g/mol. The van der Waals surface area contributed by atoms with Crippen molar-refractivity contribution in [2.45, 2.75) is 91.2 Å². The number of hydrogen-bond donors (Lipinski definition) is 3. The van der Waals surface area contributed by atoms with E-state index < -0.39 is 52.8 Å². The predicted octanol–water partition coefficient (Wildman–Crippen LogP) is 9.31. The van der Waals surface area contributed by atoms with Gasteiger partial charge in [-0.15, -0.1) is 24.2 Å². The number of anilines is 2. The molecule has 21 heteroatoms. The highest BCUT2D eigenvalue weighted by molar-refractivity contribution is 7.99. The van der Waals surface area contributed by atoms with Crippen LogP contribution in [-0.4, -0.2) is 152 Å². The summed E-state index contributed by atoms with van der Waals surface area (Å²) in [6, 6.07) is 26.9. The van der Waals surface area contributed by atoms with Crippen LogP contribution in [0.3, 0.4) is 0 Å². The van der Waals surface area contributed by atoms with Gasteiger partial charge in [-0.05, 0) is 129 Å². The summed E-state index contributed by atoms with van der Waals surface area (Å²) < 4.78 is 104. The van der Waals surface area contributed by atoms with Crippen LogP contribution in [0.5, 0.6) is 0 Å². The number of amides is 1. The van der Waals surface area contributed by atoms with Crippen LogP contribution < -0.4 is 20.3 Å². The maximum Gasteiger partial charge on any atom is 0.501 e. The molecule has 2 unspecified atom stereocenters. The molecule has 0 aromatic heterocycles. The number of rotatable bonds is 18. The summed E-state index contributed by atoms with van der Waals surface area (Å²) >= 11 is 7.77. The Hall–Kier alpha value is -3.89. The number of sulfone groups is 1. The third-order valence-corrected chi connectivity index (χ3v) is 18.8. The molecule has 75 heavy (non-hydrogen) atoms. The van der Waals surface area contributed by atoms with Crippen LogP contribution in [0.2, 0.25) is 5.02 Å². The van der Waals surface area contributed by atoms with Crippen LogP contribution >= 0.6 is 35.8 Å². The lowest BCUT2D eigenvalue weighted by atomic mass is 9.71. The number of carbonyl (C=O) groups is 1. The lowest BCUT2D eigenvalue weighted by Crippen LogP contribution is -2.56. The fraction of sp³-hybridized carbons (Fsp3) is 0.500. The molecule has 3 aliphatic heterocycles. The van der Waals surface area contributed by atoms with E-state index in [1.54, 1.807) is 12.1 Å². The number of benzene rings is 4. The lowest BCUT2D eigenvalue weighted by molar-refractivity contribution is -0.0435.